The molecule has 0 fully saturated rings. The van der Waals surface area contributed by atoms with E-state index >= 15 is 0 Å². The first-order valence-corrected chi connectivity index (χ1v) is 14.3. The lowest BCUT2D eigenvalue weighted by Gasteiger charge is -2.25. The second-order valence-electron chi connectivity index (χ2n) is 8.26. The van der Waals surface area contributed by atoms with Crippen molar-refractivity contribution in [1.82, 2.24) is 0 Å². The zero-order chi connectivity index (χ0) is 19.5. The molecule has 2 aliphatic rings. The number of hydrogen-bond donors (Lipinski definition) is 0. The summed E-state index contributed by atoms with van der Waals surface area (Å²) < 4.78 is 0. The summed E-state index contributed by atoms with van der Waals surface area (Å²) >= 11 is 0. The molecule has 2 heteroatoms. The molecule has 2 radical (unpaired) electrons. The maximum Gasteiger partial charge on any atom is 0.119 e. The summed E-state index contributed by atoms with van der Waals surface area (Å²) in [5.74, 6) is 0. The maximum atomic E-state index is 2.49. The molecule has 0 unspecified atom stereocenters. The Kier molecular flexibility index (Phi) is 3.80. The molecule has 0 aliphatic carbocycles. The van der Waals surface area contributed by atoms with Gasteiger partial charge in [-0.05, 0) is 50.2 Å². The van der Waals surface area contributed by atoms with Crippen molar-refractivity contribution in [3.8, 4) is 22.3 Å². The predicted octanol–water partition coefficient (Wildman–Crippen LogP) is 3.72. The van der Waals surface area contributed by atoms with Gasteiger partial charge in [0.2, 0.25) is 0 Å². The standard InChI is InChI=1S/C27H22Si2/c1-28-24-9-5-3-7-20(24)15-21-12-11-18(16-26(21)28)19-13-14-23-22-8-4-6-10-25(22)29(2)27(23)17-19/h3-14,16-17H,15H2,1-2H3. The molecule has 6 rings (SSSR count). The van der Waals surface area contributed by atoms with Crippen molar-refractivity contribution in [2.45, 2.75) is 19.5 Å². The molecule has 4 aromatic carbocycles. The minimum Gasteiger partial charge on any atom is -0.0628 e. The van der Waals surface area contributed by atoms with E-state index in [1.54, 1.807) is 20.7 Å². The Morgan fingerprint density at radius 3 is 1.97 bits per heavy atom. The van der Waals surface area contributed by atoms with Gasteiger partial charge in [-0.2, -0.15) is 0 Å². The van der Waals surface area contributed by atoms with Crippen LogP contribution in [0.2, 0.25) is 13.1 Å². The van der Waals surface area contributed by atoms with Crippen LogP contribution >= 0.6 is 0 Å². The van der Waals surface area contributed by atoms with E-state index in [2.05, 4.69) is 98.0 Å². The molecular formula is C27H22Si2. The molecule has 0 aromatic heterocycles. The van der Waals surface area contributed by atoms with E-state index in [-0.39, 0.29) is 0 Å². The van der Waals surface area contributed by atoms with E-state index in [0.717, 1.165) is 6.42 Å². The lowest BCUT2D eigenvalue weighted by atomic mass is 9.97. The first-order valence-electron chi connectivity index (χ1n) is 10.3. The third-order valence-electron chi connectivity index (χ3n) is 6.69. The molecule has 0 atom stereocenters. The van der Waals surface area contributed by atoms with Crippen molar-refractivity contribution in [1.29, 1.82) is 0 Å². The van der Waals surface area contributed by atoms with Crippen molar-refractivity contribution in [3.05, 3.63) is 96.1 Å². The fourth-order valence-electron chi connectivity index (χ4n) is 5.11. The van der Waals surface area contributed by atoms with Crippen molar-refractivity contribution in [2.24, 2.45) is 0 Å². The molecule has 0 N–H and O–H groups in total. The summed E-state index contributed by atoms with van der Waals surface area (Å²) in [4.78, 5) is 0. The Bertz CT molecular complexity index is 1270. The summed E-state index contributed by atoms with van der Waals surface area (Å²) in [6.07, 6.45) is 1.08. The zero-order valence-electron chi connectivity index (χ0n) is 16.8. The van der Waals surface area contributed by atoms with Gasteiger partial charge in [0.15, 0.2) is 0 Å². The molecule has 0 nitrogen and oxygen atoms in total. The third-order valence-corrected chi connectivity index (χ3v) is 11.7. The quantitative estimate of drug-likeness (QED) is 0.426. The minimum atomic E-state index is -0.694. The molecule has 4 aromatic rings. The van der Waals surface area contributed by atoms with Gasteiger partial charge in [0.1, 0.15) is 17.6 Å². The van der Waals surface area contributed by atoms with Crippen LogP contribution in [0, 0.1) is 0 Å². The fraction of sp³-hybridized carbons (Fsp3) is 0.111. The van der Waals surface area contributed by atoms with Gasteiger partial charge in [0.05, 0.1) is 0 Å². The summed E-state index contributed by atoms with van der Waals surface area (Å²) in [5.41, 5.74) is 8.70. The highest BCUT2D eigenvalue weighted by atomic mass is 28.3. The summed E-state index contributed by atoms with van der Waals surface area (Å²) in [6.45, 7) is 4.90. The highest BCUT2D eigenvalue weighted by Crippen LogP contribution is 2.28. The first kappa shape index (κ1) is 17.2. The number of fused-ring (bicyclic) bond motifs is 5. The van der Waals surface area contributed by atoms with Gasteiger partial charge in [0, 0.05) is 0 Å². The maximum absolute atomic E-state index is 2.49. The minimum absolute atomic E-state index is 0.661. The highest BCUT2D eigenvalue weighted by Gasteiger charge is 2.27. The van der Waals surface area contributed by atoms with Gasteiger partial charge in [-0.1, -0.05) is 108 Å². The van der Waals surface area contributed by atoms with E-state index in [4.69, 9.17) is 0 Å². The Morgan fingerprint density at radius 1 is 0.517 bits per heavy atom. The number of hydrogen-bond acceptors (Lipinski definition) is 0. The molecule has 2 aliphatic heterocycles. The molecule has 2 heterocycles. The smallest absolute Gasteiger partial charge is 0.0628 e. The van der Waals surface area contributed by atoms with Gasteiger partial charge >= 0.3 is 0 Å². The molecular weight excluding hydrogens is 380 g/mol. The Labute approximate surface area is 176 Å². The largest absolute Gasteiger partial charge is 0.119 e. The summed E-state index contributed by atoms with van der Waals surface area (Å²) in [7, 11) is -1.36. The van der Waals surface area contributed by atoms with Crippen LogP contribution in [0.1, 0.15) is 11.1 Å². The molecule has 138 valence electrons. The highest BCUT2D eigenvalue weighted by molar-refractivity contribution is 6.88. The van der Waals surface area contributed by atoms with Gasteiger partial charge in [-0.15, -0.1) is 0 Å². The monoisotopic (exact) mass is 402 g/mol. The Balaban J connectivity index is 1.43. The van der Waals surface area contributed by atoms with Crippen LogP contribution < -0.4 is 20.7 Å². The lowest BCUT2D eigenvalue weighted by Crippen LogP contribution is -2.46. The van der Waals surface area contributed by atoms with Crippen molar-refractivity contribution in [3.63, 3.8) is 0 Å². The number of rotatable bonds is 1. The number of benzene rings is 4. The van der Waals surface area contributed by atoms with E-state index in [1.807, 2.05) is 0 Å². The van der Waals surface area contributed by atoms with Gasteiger partial charge < -0.3 is 0 Å². The van der Waals surface area contributed by atoms with Crippen LogP contribution in [0.25, 0.3) is 22.3 Å². The average Bonchev–Trinajstić information content (AvgIpc) is 3.06. The first-order chi connectivity index (χ1) is 14.2. The third kappa shape index (κ3) is 2.56. The molecule has 0 saturated carbocycles. The Morgan fingerprint density at radius 2 is 1.10 bits per heavy atom. The summed E-state index contributed by atoms with van der Waals surface area (Å²) in [5, 5.41) is 6.31. The van der Waals surface area contributed by atoms with Crippen LogP contribution in [0.4, 0.5) is 0 Å². The van der Waals surface area contributed by atoms with E-state index < -0.39 is 17.6 Å². The SMILES string of the molecule is C[Si]1c2ccccc2Cc2ccc(-c3ccc4c(c3)[Si](C)c3ccccc3-4)cc21. The van der Waals surface area contributed by atoms with E-state index in [0.29, 0.717) is 0 Å². The van der Waals surface area contributed by atoms with Crippen molar-refractivity contribution >= 4 is 38.3 Å². The fourth-order valence-corrected chi connectivity index (χ4v) is 9.68. The van der Waals surface area contributed by atoms with E-state index in [1.165, 1.54) is 33.4 Å². The van der Waals surface area contributed by atoms with Crippen LogP contribution in [0.5, 0.6) is 0 Å². The molecule has 0 saturated heterocycles. The van der Waals surface area contributed by atoms with Crippen LogP contribution in [0.15, 0.2) is 84.9 Å². The van der Waals surface area contributed by atoms with Gasteiger partial charge in [0.25, 0.3) is 0 Å². The summed E-state index contributed by atoms with van der Waals surface area (Å²) in [6, 6.07) is 32.4. The van der Waals surface area contributed by atoms with Crippen molar-refractivity contribution < 1.29 is 0 Å². The predicted molar refractivity (Wildman–Crippen MR) is 128 cm³/mol. The van der Waals surface area contributed by atoms with Crippen LogP contribution in [-0.2, 0) is 6.42 Å². The van der Waals surface area contributed by atoms with Gasteiger partial charge in [-0.25, -0.2) is 0 Å². The van der Waals surface area contributed by atoms with E-state index in [9.17, 15) is 0 Å². The Hall–Kier alpha value is -2.69. The zero-order valence-corrected chi connectivity index (χ0v) is 18.8. The second-order valence-corrected chi connectivity index (χ2v) is 12.9. The van der Waals surface area contributed by atoms with Crippen LogP contribution in [0.3, 0.4) is 0 Å². The molecule has 0 amide bonds. The molecule has 0 spiro atoms. The normalized spacial score (nSPS) is 14.8. The topological polar surface area (TPSA) is 0 Å². The molecule has 29 heavy (non-hydrogen) atoms. The lowest BCUT2D eigenvalue weighted by molar-refractivity contribution is 1.21. The average molecular weight is 403 g/mol. The van der Waals surface area contributed by atoms with Crippen molar-refractivity contribution in [2.75, 3.05) is 0 Å². The molecule has 0 bridgehead atoms. The van der Waals surface area contributed by atoms with Gasteiger partial charge in [-0.3, -0.25) is 0 Å². The van der Waals surface area contributed by atoms with Crippen LogP contribution in [-0.4, -0.2) is 17.6 Å². The second kappa shape index (κ2) is 6.41.